The van der Waals surface area contributed by atoms with Crippen molar-refractivity contribution in [1.29, 1.82) is 0 Å². The number of hydrogen-bond donors (Lipinski definition) is 2. The summed E-state index contributed by atoms with van der Waals surface area (Å²) in [4.78, 5) is 24.5. The highest BCUT2D eigenvalue weighted by Gasteiger charge is 2.19. The fourth-order valence-corrected chi connectivity index (χ4v) is 2.66. The van der Waals surface area contributed by atoms with Gasteiger partial charge in [-0.15, -0.1) is 0 Å². The number of rotatable bonds is 3. The molecule has 2 aromatic carbocycles. The predicted molar refractivity (Wildman–Crippen MR) is 92.8 cm³/mol. The van der Waals surface area contributed by atoms with E-state index in [-0.39, 0.29) is 22.6 Å². The van der Waals surface area contributed by atoms with Crippen molar-refractivity contribution in [2.24, 2.45) is 0 Å². The molecule has 0 bridgehead atoms. The maximum Gasteiger partial charge on any atom is 0.364 e. The Balaban J connectivity index is 2.04. The number of amides is 1. The highest BCUT2D eigenvalue weighted by molar-refractivity contribution is 9.10. The van der Waals surface area contributed by atoms with Gasteiger partial charge in [0.25, 0.3) is 5.91 Å². The van der Waals surface area contributed by atoms with Gasteiger partial charge in [0.05, 0.1) is 18.1 Å². The number of carbonyl (C=O) groups excluding carboxylic acids is 1. The Bertz CT molecular complexity index is 996. The number of para-hydroxylation sites is 1. The molecule has 0 atom stereocenters. The van der Waals surface area contributed by atoms with E-state index < -0.39 is 11.5 Å². The molecule has 0 unspecified atom stereocenters. The SMILES string of the molecule is COc1ccc(Br)c(C(=O)Nc2c(O)c3ccccc3oc2=O)c1. The molecule has 0 spiro atoms. The first-order chi connectivity index (χ1) is 11.5. The van der Waals surface area contributed by atoms with Crippen molar-refractivity contribution in [3.63, 3.8) is 0 Å². The lowest BCUT2D eigenvalue weighted by atomic mass is 10.1. The van der Waals surface area contributed by atoms with Gasteiger partial charge in [-0.1, -0.05) is 12.1 Å². The predicted octanol–water partition coefficient (Wildman–Crippen LogP) is 3.52. The molecule has 122 valence electrons. The van der Waals surface area contributed by atoms with Crippen LogP contribution < -0.4 is 15.7 Å². The summed E-state index contributed by atoms with van der Waals surface area (Å²) in [7, 11) is 1.48. The van der Waals surface area contributed by atoms with Gasteiger partial charge in [0.15, 0.2) is 11.4 Å². The zero-order valence-electron chi connectivity index (χ0n) is 12.5. The molecule has 0 fully saturated rings. The molecule has 1 amide bonds. The quantitative estimate of drug-likeness (QED) is 0.668. The Hall–Kier alpha value is -2.80. The molecule has 0 aliphatic carbocycles. The molecule has 7 heteroatoms. The Morgan fingerprint density at radius 2 is 2.00 bits per heavy atom. The van der Waals surface area contributed by atoms with E-state index in [0.29, 0.717) is 15.6 Å². The molecular weight excluding hydrogens is 378 g/mol. The number of benzene rings is 2. The molecule has 1 heterocycles. The number of methoxy groups -OCH3 is 1. The van der Waals surface area contributed by atoms with Crippen LogP contribution in [0.15, 0.2) is 56.1 Å². The third kappa shape index (κ3) is 2.85. The van der Waals surface area contributed by atoms with E-state index in [4.69, 9.17) is 9.15 Å². The second-order valence-electron chi connectivity index (χ2n) is 4.91. The third-order valence-electron chi connectivity index (χ3n) is 3.44. The van der Waals surface area contributed by atoms with Crippen molar-refractivity contribution in [2.45, 2.75) is 0 Å². The van der Waals surface area contributed by atoms with Crippen LogP contribution in [0, 0.1) is 0 Å². The molecule has 24 heavy (non-hydrogen) atoms. The Morgan fingerprint density at radius 3 is 2.75 bits per heavy atom. The minimum Gasteiger partial charge on any atom is -0.505 e. The summed E-state index contributed by atoms with van der Waals surface area (Å²) in [6, 6.07) is 11.4. The van der Waals surface area contributed by atoms with Crippen molar-refractivity contribution in [1.82, 2.24) is 0 Å². The van der Waals surface area contributed by atoms with Gasteiger partial charge < -0.3 is 19.6 Å². The molecule has 6 nitrogen and oxygen atoms in total. The standard InChI is InChI=1S/C17H12BrNO5/c1-23-9-6-7-12(18)11(8-9)16(21)19-14-15(20)10-4-2-3-5-13(10)24-17(14)22/h2-8,20H,1H3,(H,19,21). The van der Waals surface area contributed by atoms with E-state index in [1.807, 2.05) is 0 Å². The van der Waals surface area contributed by atoms with E-state index in [1.165, 1.54) is 13.2 Å². The molecule has 0 saturated heterocycles. The van der Waals surface area contributed by atoms with Gasteiger partial charge in [-0.25, -0.2) is 4.79 Å². The van der Waals surface area contributed by atoms with Crippen molar-refractivity contribution >= 4 is 38.5 Å². The van der Waals surface area contributed by atoms with Gasteiger partial charge in [-0.2, -0.15) is 0 Å². The van der Waals surface area contributed by atoms with Crippen LogP contribution in [-0.2, 0) is 0 Å². The first kappa shape index (κ1) is 16.1. The Labute approximate surface area is 144 Å². The summed E-state index contributed by atoms with van der Waals surface area (Å²) < 4.78 is 10.7. The topological polar surface area (TPSA) is 88.8 Å². The minimum absolute atomic E-state index is 0.237. The summed E-state index contributed by atoms with van der Waals surface area (Å²) in [5.41, 5.74) is -0.658. The molecule has 3 rings (SSSR count). The zero-order valence-corrected chi connectivity index (χ0v) is 14.1. The van der Waals surface area contributed by atoms with Gasteiger partial charge in [0.2, 0.25) is 0 Å². The minimum atomic E-state index is -0.835. The lowest BCUT2D eigenvalue weighted by Crippen LogP contribution is -2.18. The van der Waals surface area contributed by atoms with Crippen LogP contribution in [0.3, 0.4) is 0 Å². The van der Waals surface area contributed by atoms with Crippen LogP contribution in [0.25, 0.3) is 11.0 Å². The van der Waals surface area contributed by atoms with Gasteiger partial charge in [-0.3, -0.25) is 4.79 Å². The van der Waals surface area contributed by atoms with Gasteiger partial charge in [-0.05, 0) is 46.3 Å². The van der Waals surface area contributed by atoms with E-state index >= 15 is 0 Å². The summed E-state index contributed by atoms with van der Waals surface area (Å²) >= 11 is 3.27. The van der Waals surface area contributed by atoms with E-state index in [0.717, 1.165) is 0 Å². The summed E-state index contributed by atoms with van der Waals surface area (Å²) in [6.45, 7) is 0. The van der Waals surface area contributed by atoms with Crippen molar-refractivity contribution in [2.75, 3.05) is 12.4 Å². The van der Waals surface area contributed by atoms with Gasteiger partial charge in [0, 0.05) is 4.47 Å². The lowest BCUT2D eigenvalue weighted by Gasteiger charge is -2.10. The zero-order chi connectivity index (χ0) is 17.3. The van der Waals surface area contributed by atoms with Crippen LogP contribution in [0.5, 0.6) is 11.5 Å². The number of anilines is 1. The van der Waals surface area contributed by atoms with Gasteiger partial charge in [0.1, 0.15) is 11.3 Å². The number of hydrogen-bond acceptors (Lipinski definition) is 5. The molecule has 0 aliphatic rings. The average molecular weight is 390 g/mol. The molecule has 0 saturated carbocycles. The lowest BCUT2D eigenvalue weighted by molar-refractivity contribution is 0.102. The van der Waals surface area contributed by atoms with E-state index in [2.05, 4.69) is 21.2 Å². The normalized spacial score (nSPS) is 10.6. The highest BCUT2D eigenvalue weighted by Crippen LogP contribution is 2.30. The largest absolute Gasteiger partial charge is 0.505 e. The molecule has 1 aromatic heterocycles. The first-order valence-corrected chi connectivity index (χ1v) is 7.70. The average Bonchev–Trinajstić information content (AvgIpc) is 2.59. The number of halogens is 1. The summed E-state index contributed by atoms with van der Waals surface area (Å²) in [5.74, 6) is -0.439. The molecule has 3 aromatic rings. The second-order valence-corrected chi connectivity index (χ2v) is 5.76. The first-order valence-electron chi connectivity index (χ1n) is 6.91. The molecule has 2 N–H and O–H groups in total. The number of ether oxygens (including phenoxy) is 1. The molecule has 0 radical (unpaired) electrons. The van der Waals surface area contributed by atoms with Crippen LogP contribution in [0.4, 0.5) is 5.69 Å². The van der Waals surface area contributed by atoms with Crippen molar-refractivity contribution in [3.8, 4) is 11.5 Å². The van der Waals surface area contributed by atoms with Crippen LogP contribution in [0.2, 0.25) is 0 Å². The number of nitrogens with one attached hydrogen (secondary N) is 1. The second kappa shape index (κ2) is 6.37. The smallest absolute Gasteiger partial charge is 0.364 e. The van der Waals surface area contributed by atoms with Crippen LogP contribution in [0.1, 0.15) is 10.4 Å². The van der Waals surface area contributed by atoms with Crippen LogP contribution >= 0.6 is 15.9 Å². The summed E-state index contributed by atoms with van der Waals surface area (Å²) in [6.07, 6.45) is 0. The van der Waals surface area contributed by atoms with E-state index in [9.17, 15) is 14.7 Å². The Kier molecular flexibility index (Phi) is 4.26. The van der Waals surface area contributed by atoms with E-state index in [1.54, 1.807) is 36.4 Å². The maximum absolute atomic E-state index is 12.5. The third-order valence-corrected chi connectivity index (χ3v) is 4.13. The Morgan fingerprint density at radius 1 is 1.25 bits per heavy atom. The van der Waals surface area contributed by atoms with Crippen molar-refractivity contribution < 1.29 is 19.1 Å². The molecule has 0 aliphatic heterocycles. The monoisotopic (exact) mass is 389 g/mol. The van der Waals surface area contributed by atoms with Gasteiger partial charge >= 0.3 is 5.63 Å². The highest BCUT2D eigenvalue weighted by atomic mass is 79.9. The van der Waals surface area contributed by atoms with Crippen LogP contribution in [-0.4, -0.2) is 18.1 Å². The fourth-order valence-electron chi connectivity index (χ4n) is 2.23. The number of fused-ring (bicyclic) bond motifs is 1. The van der Waals surface area contributed by atoms with Crippen molar-refractivity contribution in [3.05, 3.63) is 62.9 Å². The maximum atomic E-state index is 12.5. The number of carbonyl (C=O) groups is 1. The molecular formula is C17H12BrNO5. The summed E-state index contributed by atoms with van der Waals surface area (Å²) in [5, 5.41) is 13.0. The number of aromatic hydroxyl groups is 1. The fraction of sp³-hybridized carbons (Fsp3) is 0.0588.